The third-order valence-corrected chi connectivity index (χ3v) is 3.91. The zero-order valence-corrected chi connectivity index (χ0v) is 14.5. The molecule has 3 aromatic rings. The normalized spacial score (nSPS) is 10.2. The van der Waals surface area contributed by atoms with Gasteiger partial charge in [0.1, 0.15) is 0 Å². The Morgan fingerprint density at radius 3 is 2.23 bits per heavy atom. The molecule has 6 heteroatoms. The fourth-order valence-electron chi connectivity index (χ4n) is 2.30. The molecule has 0 saturated heterocycles. The summed E-state index contributed by atoms with van der Waals surface area (Å²) < 4.78 is 0. The standard InChI is InChI=1S/C20H16ClN3O2/c21-17-8-6-14(7-9-17)11-23-19(25)15-10-16(13-22-12-15)20(26)24-18-4-2-1-3-5-18/h1-10,12-13H,11H2,(H,23,25)(H,24,26). The maximum Gasteiger partial charge on any atom is 0.257 e. The van der Waals surface area contributed by atoms with Gasteiger partial charge < -0.3 is 10.6 Å². The van der Waals surface area contributed by atoms with E-state index in [9.17, 15) is 9.59 Å². The molecule has 0 aliphatic heterocycles. The van der Waals surface area contributed by atoms with E-state index in [4.69, 9.17) is 11.6 Å². The molecule has 0 spiro atoms. The summed E-state index contributed by atoms with van der Waals surface area (Å²) >= 11 is 5.84. The predicted molar refractivity (Wildman–Crippen MR) is 101 cm³/mol. The summed E-state index contributed by atoms with van der Waals surface area (Å²) in [5.74, 6) is -0.627. The minimum absolute atomic E-state index is 0.304. The Morgan fingerprint density at radius 1 is 0.885 bits per heavy atom. The SMILES string of the molecule is O=C(NCc1ccc(Cl)cc1)c1cncc(C(=O)Nc2ccccc2)c1. The van der Waals surface area contributed by atoms with Gasteiger partial charge in [0, 0.05) is 29.6 Å². The molecule has 2 amide bonds. The number of nitrogens with zero attached hydrogens (tertiary/aromatic N) is 1. The molecule has 2 aromatic carbocycles. The largest absolute Gasteiger partial charge is 0.348 e. The van der Waals surface area contributed by atoms with E-state index in [-0.39, 0.29) is 11.8 Å². The molecule has 2 N–H and O–H groups in total. The van der Waals surface area contributed by atoms with E-state index < -0.39 is 0 Å². The van der Waals surface area contributed by atoms with Gasteiger partial charge in [-0.15, -0.1) is 0 Å². The van der Waals surface area contributed by atoms with Gasteiger partial charge in [0.25, 0.3) is 11.8 Å². The van der Waals surface area contributed by atoms with Gasteiger partial charge in [-0.05, 0) is 35.9 Å². The highest BCUT2D eigenvalue weighted by atomic mass is 35.5. The van der Waals surface area contributed by atoms with Gasteiger partial charge in [0.05, 0.1) is 11.1 Å². The van der Waals surface area contributed by atoms with Crippen molar-refractivity contribution < 1.29 is 9.59 Å². The van der Waals surface area contributed by atoms with Crippen LogP contribution in [0.2, 0.25) is 5.02 Å². The molecule has 0 fully saturated rings. The number of carbonyl (C=O) groups excluding carboxylic acids is 2. The Morgan fingerprint density at radius 2 is 1.54 bits per heavy atom. The van der Waals surface area contributed by atoms with Crippen molar-refractivity contribution in [2.75, 3.05) is 5.32 Å². The number of carbonyl (C=O) groups is 2. The Bertz CT molecular complexity index is 912. The van der Waals surface area contributed by atoms with Crippen molar-refractivity contribution in [3.8, 4) is 0 Å². The molecule has 0 saturated carbocycles. The molecule has 130 valence electrons. The van der Waals surface area contributed by atoms with Gasteiger partial charge in [-0.25, -0.2) is 0 Å². The van der Waals surface area contributed by atoms with Crippen LogP contribution < -0.4 is 10.6 Å². The number of hydrogen-bond acceptors (Lipinski definition) is 3. The first-order valence-corrected chi connectivity index (χ1v) is 8.34. The van der Waals surface area contributed by atoms with Gasteiger partial charge >= 0.3 is 0 Å². The Hall–Kier alpha value is -3.18. The van der Waals surface area contributed by atoms with Crippen LogP contribution in [-0.4, -0.2) is 16.8 Å². The second-order valence-corrected chi connectivity index (χ2v) is 6.03. The van der Waals surface area contributed by atoms with Crippen LogP contribution in [0, 0.1) is 0 Å². The molecular weight excluding hydrogens is 350 g/mol. The Balaban J connectivity index is 1.65. The minimum Gasteiger partial charge on any atom is -0.348 e. The van der Waals surface area contributed by atoms with E-state index >= 15 is 0 Å². The number of aromatic nitrogens is 1. The van der Waals surface area contributed by atoms with Gasteiger partial charge in [0.15, 0.2) is 0 Å². The summed E-state index contributed by atoms with van der Waals surface area (Å²) in [7, 11) is 0. The molecule has 0 unspecified atom stereocenters. The van der Waals surface area contributed by atoms with Crippen LogP contribution in [0.4, 0.5) is 5.69 Å². The van der Waals surface area contributed by atoms with E-state index in [2.05, 4.69) is 15.6 Å². The van der Waals surface area contributed by atoms with Crippen molar-refractivity contribution in [2.45, 2.75) is 6.54 Å². The fraction of sp³-hybridized carbons (Fsp3) is 0.0500. The van der Waals surface area contributed by atoms with Crippen LogP contribution >= 0.6 is 11.6 Å². The topological polar surface area (TPSA) is 71.1 Å². The summed E-state index contributed by atoms with van der Waals surface area (Å²) in [6, 6.07) is 17.8. The van der Waals surface area contributed by atoms with E-state index in [1.165, 1.54) is 18.5 Å². The van der Waals surface area contributed by atoms with Crippen LogP contribution in [0.1, 0.15) is 26.3 Å². The van der Waals surface area contributed by atoms with Gasteiger partial charge in [-0.1, -0.05) is 41.9 Å². The number of nitrogens with one attached hydrogen (secondary N) is 2. The number of anilines is 1. The van der Waals surface area contributed by atoms with Crippen LogP contribution in [0.5, 0.6) is 0 Å². The summed E-state index contributed by atoms with van der Waals surface area (Å²) in [6.07, 6.45) is 2.85. The average Bonchev–Trinajstić information content (AvgIpc) is 2.68. The smallest absolute Gasteiger partial charge is 0.257 e. The van der Waals surface area contributed by atoms with Crippen molar-refractivity contribution >= 4 is 29.1 Å². The summed E-state index contributed by atoms with van der Waals surface area (Å²) in [4.78, 5) is 28.6. The second kappa shape index (κ2) is 8.27. The Labute approximate surface area is 156 Å². The molecule has 0 radical (unpaired) electrons. The highest BCUT2D eigenvalue weighted by Crippen LogP contribution is 2.11. The van der Waals surface area contributed by atoms with Crippen LogP contribution in [-0.2, 0) is 6.54 Å². The molecular formula is C20H16ClN3O2. The van der Waals surface area contributed by atoms with E-state index in [0.717, 1.165) is 5.56 Å². The monoisotopic (exact) mass is 365 g/mol. The zero-order valence-electron chi connectivity index (χ0n) is 13.8. The second-order valence-electron chi connectivity index (χ2n) is 5.59. The number of amides is 2. The average molecular weight is 366 g/mol. The van der Waals surface area contributed by atoms with E-state index in [0.29, 0.717) is 28.4 Å². The summed E-state index contributed by atoms with van der Waals surface area (Å²) in [6.45, 7) is 0.358. The third-order valence-electron chi connectivity index (χ3n) is 3.66. The fourth-order valence-corrected chi connectivity index (χ4v) is 2.43. The maximum atomic E-state index is 12.3. The highest BCUT2D eigenvalue weighted by molar-refractivity contribution is 6.30. The zero-order chi connectivity index (χ0) is 18.4. The number of rotatable bonds is 5. The van der Waals surface area contributed by atoms with Crippen molar-refractivity contribution in [1.82, 2.24) is 10.3 Å². The summed E-state index contributed by atoms with van der Waals surface area (Å²) in [5, 5.41) is 6.20. The molecule has 1 heterocycles. The van der Waals surface area contributed by atoms with Gasteiger partial charge in [-0.2, -0.15) is 0 Å². The minimum atomic E-state index is -0.323. The molecule has 26 heavy (non-hydrogen) atoms. The predicted octanol–water partition coefficient (Wildman–Crippen LogP) is 3.92. The van der Waals surface area contributed by atoms with Gasteiger partial charge in [0.2, 0.25) is 0 Å². The first-order chi connectivity index (χ1) is 12.6. The summed E-state index contributed by atoms with van der Waals surface area (Å²) in [5.41, 5.74) is 2.23. The van der Waals surface area contributed by atoms with Crippen molar-refractivity contribution in [2.24, 2.45) is 0 Å². The van der Waals surface area contributed by atoms with Crippen molar-refractivity contribution in [3.63, 3.8) is 0 Å². The Kier molecular flexibility index (Phi) is 5.61. The maximum absolute atomic E-state index is 12.3. The van der Waals surface area contributed by atoms with E-state index in [1.807, 2.05) is 30.3 Å². The molecule has 5 nitrogen and oxygen atoms in total. The number of benzene rings is 2. The molecule has 0 atom stereocenters. The number of pyridine rings is 1. The first kappa shape index (κ1) is 17.6. The molecule has 3 rings (SSSR count). The highest BCUT2D eigenvalue weighted by Gasteiger charge is 2.11. The van der Waals surface area contributed by atoms with Crippen LogP contribution in [0.25, 0.3) is 0 Å². The molecule has 0 bridgehead atoms. The molecule has 0 aliphatic carbocycles. The third kappa shape index (κ3) is 4.68. The lowest BCUT2D eigenvalue weighted by Gasteiger charge is -2.08. The van der Waals surface area contributed by atoms with Crippen LogP contribution in [0.15, 0.2) is 73.1 Å². The lowest BCUT2D eigenvalue weighted by atomic mass is 10.1. The number of hydrogen-bond donors (Lipinski definition) is 2. The number of halogens is 1. The molecule has 1 aromatic heterocycles. The van der Waals surface area contributed by atoms with Crippen molar-refractivity contribution in [3.05, 3.63) is 94.8 Å². The van der Waals surface area contributed by atoms with Crippen molar-refractivity contribution in [1.29, 1.82) is 0 Å². The first-order valence-electron chi connectivity index (χ1n) is 7.96. The van der Waals surface area contributed by atoms with Crippen LogP contribution in [0.3, 0.4) is 0 Å². The quantitative estimate of drug-likeness (QED) is 0.720. The lowest BCUT2D eigenvalue weighted by molar-refractivity contribution is 0.0950. The lowest BCUT2D eigenvalue weighted by Crippen LogP contribution is -2.23. The van der Waals surface area contributed by atoms with E-state index in [1.54, 1.807) is 24.3 Å². The molecule has 0 aliphatic rings. The van der Waals surface area contributed by atoms with Gasteiger partial charge in [-0.3, -0.25) is 14.6 Å². The number of para-hydroxylation sites is 1.